The quantitative estimate of drug-likeness (QED) is 0.0338. The van der Waals surface area contributed by atoms with Crippen molar-refractivity contribution in [2.45, 2.75) is 105 Å². The van der Waals surface area contributed by atoms with E-state index in [-0.39, 0.29) is 51.1 Å². The van der Waals surface area contributed by atoms with Crippen LogP contribution in [0.15, 0.2) is 266 Å². The monoisotopic (exact) mass is 1250 g/mol. The molecule has 0 saturated carbocycles. The summed E-state index contributed by atoms with van der Waals surface area (Å²) in [5.74, 6) is -0.509. The molecule has 2 fully saturated rings. The smallest absolute Gasteiger partial charge is 0.453 e. The Hall–Kier alpha value is -8.29. The molecule has 0 spiro atoms. The molecule has 12 rings (SSSR count). The van der Waals surface area contributed by atoms with Gasteiger partial charge in [0, 0.05) is 23.7 Å². The summed E-state index contributed by atoms with van der Waals surface area (Å²) in [6.07, 6.45) is -13.1. The molecule has 11 atom stereocenters. The van der Waals surface area contributed by atoms with Crippen molar-refractivity contribution in [3.63, 3.8) is 0 Å². The Morgan fingerprint density at radius 1 is 0.435 bits per heavy atom. The van der Waals surface area contributed by atoms with Gasteiger partial charge in [-0.15, -0.1) is 11.8 Å². The minimum Gasteiger partial charge on any atom is -0.453 e. The van der Waals surface area contributed by atoms with Crippen molar-refractivity contribution in [1.29, 1.82) is 0 Å². The summed E-state index contributed by atoms with van der Waals surface area (Å²) in [6.45, 7) is 0.115. The number of thioether (sulfide) groups is 1. The van der Waals surface area contributed by atoms with Crippen molar-refractivity contribution in [2.24, 2.45) is 0 Å². The summed E-state index contributed by atoms with van der Waals surface area (Å²) >= 11 is 1.60. The zero-order valence-corrected chi connectivity index (χ0v) is 51.9. The van der Waals surface area contributed by atoms with Crippen molar-refractivity contribution < 1.29 is 66.4 Å². The predicted octanol–water partition coefficient (Wildman–Crippen LogP) is 14.6. The number of fused-ring (bicyclic) bond motifs is 3. The fourth-order valence-electron chi connectivity index (χ4n) is 12.0. The fourth-order valence-corrected chi connectivity index (χ4v) is 12.9. The van der Waals surface area contributed by atoms with Crippen LogP contribution in [0.1, 0.15) is 61.3 Å². The van der Waals surface area contributed by atoms with E-state index >= 15 is 4.79 Å². The maximum absolute atomic E-state index is 15.0. The summed E-state index contributed by atoms with van der Waals surface area (Å²) in [5, 5.41) is 0. The van der Waals surface area contributed by atoms with Gasteiger partial charge in [-0.25, -0.2) is 9.59 Å². The highest BCUT2D eigenvalue weighted by Gasteiger charge is 2.56. The lowest BCUT2D eigenvalue weighted by Crippen LogP contribution is -2.66. The van der Waals surface area contributed by atoms with Gasteiger partial charge in [-0.1, -0.05) is 237 Å². The third kappa shape index (κ3) is 16.5. The third-order valence-electron chi connectivity index (χ3n) is 16.5. The van der Waals surface area contributed by atoms with Crippen LogP contribution < -0.4 is 0 Å². The van der Waals surface area contributed by atoms with E-state index in [4.69, 9.17) is 56.8 Å². The number of benzene rings is 9. The molecular weight excluding hydrogens is 1180 g/mol. The van der Waals surface area contributed by atoms with Crippen molar-refractivity contribution in [3.8, 4) is 11.1 Å². The zero-order chi connectivity index (χ0) is 62.7. The largest absolute Gasteiger partial charge is 0.508 e. The number of carbonyl (C=O) groups is 2. The highest BCUT2D eigenvalue weighted by molar-refractivity contribution is 7.99. The van der Waals surface area contributed by atoms with Gasteiger partial charge in [-0.3, -0.25) is 0 Å². The summed E-state index contributed by atoms with van der Waals surface area (Å²) < 4.78 is 82.6. The fraction of sp³-hybridized carbons (Fsp3) is 0.273. The molecule has 9 aromatic rings. The standard InChI is InChI=1S/C77H74O14S/c1-80-75-72(84-48-56-33-15-5-16-34-56)70(83-47-55-31-13-4-14-32-55)69(65(88-75)50-81-45-53-27-9-2-10-28-53)91-76-73(87-67(57-35-17-6-18-36-57)52-92-59-39-21-8-22-40-59)71(90-74(78)58-37-19-7-20-38-58)68(82-46-54-29-11-3-12-30-54)66(89-76)51-86-77(79)85-49-64-62-43-25-23-41-60(62)61-42-24-26-44-63(61)64/h2-44,64-73,75-76H,45-52H2,1H3/t65-,66-,67-,68-,69-,70+,71+,72-,73-,75+,76-/m1/s1. The number of ether oxygens (including phenoxy) is 12. The predicted molar refractivity (Wildman–Crippen MR) is 348 cm³/mol. The topological polar surface area (TPSA) is 145 Å². The van der Waals surface area contributed by atoms with E-state index in [0.29, 0.717) is 5.75 Å². The average molecular weight is 1260 g/mol. The highest BCUT2D eigenvalue weighted by Crippen LogP contribution is 2.45. The molecule has 3 aliphatic rings. The summed E-state index contributed by atoms with van der Waals surface area (Å²) in [7, 11) is 1.56. The second-order valence-electron chi connectivity index (χ2n) is 22.7. The summed E-state index contributed by atoms with van der Waals surface area (Å²) in [5.41, 5.74) is 8.92. The van der Waals surface area contributed by atoms with Crippen LogP contribution in [-0.2, 0) is 83.3 Å². The Kier molecular flexibility index (Phi) is 22.4. The molecule has 0 bridgehead atoms. The first-order valence-corrected chi connectivity index (χ1v) is 32.1. The van der Waals surface area contributed by atoms with Crippen molar-refractivity contribution >= 4 is 23.9 Å². The lowest BCUT2D eigenvalue weighted by atomic mass is 9.95. The van der Waals surface area contributed by atoms with Gasteiger partial charge in [0.25, 0.3) is 0 Å². The van der Waals surface area contributed by atoms with Gasteiger partial charge in [0.15, 0.2) is 18.7 Å². The molecule has 0 N–H and O–H groups in total. The Morgan fingerprint density at radius 3 is 1.46 bits per heavy atom. The molecule has 2 heterocycles. The van der Waals surface area contributed by atoms with Gasteiger partial charge in [0.1, 0.15) is 55.9 Å². The zero-order valence-electron chi connectivity index (χ0n) is 51.0. The van der Waals surface area contributed by atoms with Crippen LogP contribution in [0, 0.1) is 0 Å². The lowest BCUT2D eigenvalue weighted by molar-refractivity contribution is -0.374. The Labute approximate surface area is 541 Å². The molecule has 472 valence electrons. The van der Waals surface area contributed by atoms with Gasteiger partial charge in [0.2, 0.25) is 0 Å². The van der Waals surface area contributed by atoms with E-state index in [1.54, 1.807) is 43.1 Å². The number of carbonyl (C=O) groups excluding carboxylic acids is 2. The van der Waals surface area contributed by atoms with Gasteiger partial charge in [-0.2, -0.15) is 0 Å². The molecular formula is C77H74O14S. The summed E-state index contributed by atoms with van der Waals surface area (Å²) in [6, 6.07) is 84.0. The van der Waals surface area contributed by atoms with Crippen LogP contribution in [0.5, 0.6) is 0 Å². The number of rotatable bonds is 28. The third-order valence-corrected chi connectivity index (χ3v) is 17.6. The van der Waals surface area contributed by atoms with Gasteiger partial charge < -0.3 is 56.8 Å². The van der Waals surface area contributed by atoms with E-state index in [1.807, 2.05) is 212 Å². The van der Waals surface area contributed by atoms with Crippen LogP contribution in [0.25, 0.3) is 11.1 Å². The normalized spacial score (nSPS) is 22.1. The molecule has 15 heteroatoms. The maximum atomic E-state index is 15.0. The van der Waals surface area contributed by atoms with Crippen LogP contribution in [0.2, 0.25) is 0 Å². The Balaban J connectivity index is 0.956. The minimum atomic E-state index is -1.48. The molecule has 2 saturated heterocycles. The van der Waals surface area contributed by atoms with E-state index in [9.17, 15) is 4.79 Å². The van der Waals surface area contributed by atoms with E-state index < -0.39 is 86.2 Å². The molecule has 0 unspecified atom stereocenters. The van der Waals surface area contributed by atoms with Gasteiger partial charge in [0.05, 0.1) is 44.7 Å². The number of methoxy groups -OCH3 is 1. The maximum Gasteiger partial charge on any atom is 0.508 e. The highest BCUT2D eigenvalue weighted by atomic mass is 32.2. The second-order valence-corrected chi connectivity index (χ2v) is 23.8. The molecule has 9 aromatic carbocycles. The molecule has 14 nitrogen and oxygen atoms in total. The molecule has 92 heavy (non-hydrogen) atoms. The van der Waals surface area contributed by atoms with Crippen molar-refractivity contribution in [3.05, 3.63) is 305 Å². The average Bonchev–Trinajstić information content (AvgIpc) is 1.32. The van der Waals surface area contributed by atoms with Crippen molar-refractivity contribution in [2.75, 3.05) is 32.7 Å². The number of esters is 1. The molecule has 0 radical (unpaired) electrons. The van der Waals surface area contributed by atoms with E-state index in [1.165, 1.54) is 0 Å². The van der Waals surface area contributed by atoms with Gasteiger partial charge >= 0.3 is 12.1 Å². The summed E-state index contributed by atoms with van der Waals surface area (Å²) in [4.78, 5) is 30.4. The molecule has 0 aromatic heterocycles. The Bertz CT molecular complexity index is 3640. The van der Waals surface area contributed by atoms with Crippen LogP contribution >= 0.6 is 11.8 Å². The Morgan fingerprint density at radius 2 is 0.891 bits per heavy atom. The second kappa shape index (κ2) is 32.3. The van der Waals surface area contributed by atoms with E-state index in [0.717, 1.165) is 55.0 Å². The number of hydrogen-bond donors (Lipinski definition) is 0. The first kappa shape index (κ1) is 63.8. The van der Waals surface area contributed by atoms with Crippen molar-refractivity contribution in [1.82, 2.24) is 0 Å². The first-order valence-electron chi connectivity index (χ1n) is 31.1. The molecule has 0 amide bonds. The minimum absolute atomic E-state index is 0.00289. The molecule has 1 aliphatic carbocycles. The number of hydrogen-bond acceptors (Lipinski definition) is 15. The van der Waals surface area contributed by atoms with Crippen LogP contribution in [0.4, 0.5) is 4.79 Å². The van der Waals surface area contributed by atoms with E-state index in [2.05, 4.69) is 24.3 Å². The lowest BCUT2D eigenvalue weighted by Gasteiger charge is -2.50. The van der Waals surface area contributed by atoms with Crippen LogP contribution in [0.3, 0.4) is 0 Å². The van der Waals surface area contributed by atoms with Crippen LogP contribution in [-0.4, -0.2) is 106 Å². The van der Waals surface area contributed by atoms with Gasteiger partial charge in [-0.05, 0) is 74.3 Å². The first-order chi connectivity index (χ1) is 45.4. The molecule has 2 aliphatic heterocycles. The SMILES string of the molecule is CO[C@H]1O[C@H](COCc2ccccc2)[C@@H](O[C@H]2O[C@H](COC(=O)OCC3c4ccccc4-c4ccccc43)[C@@H](OCc3ccccc3)[C@H](OC(=O)c3ccccc3)[C@H]2O[C@H](CSc2ccccc2)c2ccccc2)[C@H](OCc2ccccc2)[C@H]1OCc1ccccc1.